The van der Waals surface area contributed by atoms with E-state index in [1.54, 1.807) is 6.20 Å². The van der Waals surface area contributed by atoms with E-state index in [0.29, 0.717) is 18.0 Å². The lowest BCUT2D eigenvalue weighted by Gasteiger charge is -2.26. The van der Waals surface area contributed by atoms with Crippen LogP contribution in [-0.2, 0) is 0 Å². The molecule has 1 heterocycles. The lowest BCUT2D eigenvalue weighted by Crippen LogP contribution is -2.30. The summed E-state index contributed by atoms with van der Waals surface area (Å²) in [5.74, 6) is 0.705. The van der Waals surface area contributed by atoms with Crippen molar-refractivity contribution < 1.29 is 0 Å². The summed E-state index contributed by atoms with van der Waals surface area (Å²) in [6.07, 6.45) is 7.09. The molecule has 0 saturated heterocycles. The molecule has 1 aromatic heterocycles. The maximum Gasteiger partial charge on any atom is 0.0834 e. The van der Waals surface area contributed by atoms with Crippen LogP contribution in [0.2, 0.25) is 5.02 Å². The molecule has 1 unspecified atom stereocenters. The minimum Gasteiger partial charge on any atom is -0.309 e. The van der Waals surface area contributed by atoms with Crippen LogP contribution in [0, 0.1) is 5.92 Å². The maximum absolute atomic E-state index is 6.37. The molecular formula is C14H24ClN3. The smallest absolute Gasteiger partial charge is 0.0834 e. The highest BCUT2D eigenvalue weighted by Crippen LogP contribution is 2.38. The number of halogens is 1. The number of rotatable bonds is 5. The van der Waals surface area contributed by atoms with E-state index in [1.807, 2.05) is 0 Å². The van der Waals surface area contributed by atoms with Crippen LogP contribution in [0.4, 0.5) is 0 Å². The SMILES string of the molecule is CCNC(c1c(Cl)cnn1C(C)C)C1CCCC1. The van der Waals surface area contributed by atoms with Crippen LogP contribution in [0.3, 0.4) is 0 Å². The van der Waals surface area contributed by atoms with E-state index >= 15 is 0 Å². The van der Waals surface area contributed by atoms with Crippen LogP contribution in [0.25, 0.3) is 0 Å². The summed E-state index contributed by atoms with van der Waals surface area (Å²) in [5, 5.41) is 8.86. The van der Waals surface area contributed by atoms with Gasteiger partial charge in [-0.05, 0) is 39.2 Å². The molecule has 3 nitrogen and oxygen atoms in total. The largest absolute Gasteiger partial charge is 0.309 e. The van der Waals surface area contributed by atoms with E-state index in [1.165, 1.54) is 31.4 Å². The molecular weight excluding hydrogens is 246 g/mol. The Balaban J connectivity index is 2.31. The number of hydrogen-bond donors (Lipinski definition) is 1. The van der Waals surface area contributed by atoms with Gasteiger partial charge in [0, 0.05) is 6.04 Å². The molecule has 0 amide bonds. The first kappa shape index (κ1) is 13.9. The van der Waals surface area contributed by atoms with Gasteiger partial charge in [-0.1, -0.05) is 31.4 Å². The standard InChI is InChI=1S/C14H24ClN3/c1-4-16-13(11-7-5-6-8-11)14-12(15)9-17-18(14)10(2)3/h9-11,13,16H,4-8H2,1-3H3. The molecule has 18 heavy (non-hydrogen) atoms. The van der Waals surface area contributed by atoms with E-state index in [9.17, 15) is 0 Å². The van der Waals surface area contributed by atoms with Crippen molar-refractivity contribution in [3.8, 4) is 0 Å². The number of nitrogens with one attached hydrogen (secondary N) is 1. The third kappa shape index (κ3) is 2.72. The summed E-state index contributed by atoms with van der Waals surface area (Å²) in [6.45, 7) is 7.45. The molecule has 0 radical (unpaired) electrons. The van der Waals surface area contributed by atoms with Crippen molar-refractivity contribution in [2.75, 3.05) is 6.54 Å². The number of nitrogens with zero attached hydrogens (tertiary/aromatic N) is 2. The Morgan fingerprint density at radius 1 is 1.44 bits per heavy atom. The van der Waals surface area contributed by atoms with E-state index in [-0.39, 0.29) is 0 Å². The van der Waals surface area contributed by atoms with Crippen molar-refractivity contribution >= 4 is 11.6 Å². The Morgan fingerprint density at radius 3 is 2.67 bits per heavy atom. The Bertz CT molecular complexity index is 380. The van der Waals surface area contributed by atoms with Gasteiger partial charge in [0.15, 0.2) is 0 Å². The Kier molecular flexibility index (Phi) is 4.68. The minimum absolute atomic E-state index is 0.356. The van der Waals surface area contributed by atoms with Gasteiger partial charge in [-0.15, -0.1) is 0 Å². The van der Waals surface area contributed by atoms with E-state index in [2.05, 4.69) is 35.9 Å². The zero-order chi connectivity index (χ0) is 13.1. The number of aromatic nitrogens is 2. The summed E-state index contributed by atoms with van der Waals surface area (Å²) in [4.78, 5) is 0. The second-order valence-corrected chi connectivity index (χ2v) is 5.90. The van der Waals surface area contributed by atoms with Crippen LogP contribution in [0.5, 0.6) is 0 Å². The molecule has 1 fully saturated rings. The molecule has 1 aromatic rings. The number of hydrogen-bond acceptors (Lipinski definition) is 2. The van der Waals surface area contributed by atoms with Gasteiger partial charge < -0.3 is 5.32 Å². The van der Waals surface area contributed by atoms with E-state index in [0.717, 1.165) is 11.6 Å². The molecule has 0 spiro atoms. The van der Waals surface area contributed by atoms with Crippen LogP contribution in [0.1, 0.15) is 64.2 Å². The molecule has 1 atom stereocenters. The van der Waals surface area contributed by atoms with Crippen molar-refractivity contribution in [1.82, 2.24) is 15.1 Å². The molecule has 4 heteroatoms. The van der Waals surface area contributed by atoms with E-state index in [4.69, 9.17) is 11.6 Å². The second kappa shape index (κ2) is 6.07. The average molecular weight is 270 g/mol. The first-order valence-corrected chi connectivity index (χ1v) is 7.49. The van der Waals surface area contributed by atoms with Crippen LogP contribution in [-0.4, -0.2) is 16.3 Å². The molecule has 1 saturated carbocycles. The molecule has 102 valence electrons. The van der Waals surface area contributed by atoms with Gasteiger partial charge in [0.2, 0.25) is 0 Å². The molecule has 0 bridgehead atoms. The summed E-state index contributed by atoms with van der Waals surface area (Å²) >= 11 is 6.37. The van der Waals surface area contributed by atoms with Crippen LogP contribution in [0.15, 0.2) is 6.20 Å². The first-order chi connectivity index (χ1) is 8.65. The van der Waals surface area contributed by atoms with Crippen molar-refractivity contribution in [2.45, 2.75) is 58.5 Å². The third-order valence-corrected chi connectivity index (χ3v) is 4.16. The van der Waals surface area contributed by atoms with Crippen LogP contribution >= 0.6 is 11.6 Å². The highest BCUT2D eigenvalue weighted by molar-refractivity contribution is 6.31. The normalized spacial score (nSPS) is 18.7. The zero-order valence-corrected chi connectivity index (χ0v) is 12.4. The second-order valence-electron chi connectivity index (χ2n) is 5.50. The lowest BCUT2D eigenvalue weighted by atomic mass is 9.95. The Hall–Kier alpha value is -0.540. The average Bonchev–Trinajstić information content (AvgIpc) is 2.95. The monoisotopic (exact) mass is 269 g/mol. The fourth-order valence-electron chi connectivity index (χ4n) is 3.05. The summed E-state index contributed by atoms with van der Waals surface area (Å²) in [7, 11) is 0. The Labute approximate surface area is 115 Å². The topological polar surface area (TPSA) is 29.9 Å². The summed E-state index contributed by atoms with van der Waals surface area (Å²) < 4.78 is 2.08. The quantitative estimate of drug-likeness (QED) is 0.877. The van der Waals surface area contributed by atoms with Gasteiger partial charge >= 0.3 is 0 Å². The van der Waals surface area contributed by atoms with Crippen molar-refractivity contribution in [2.24, 2.45) is 5.92 Å². The third-order valence-electron chi connectivity index (χ3n) is 3.87. The van der Waals surface area contributed by atoms with Gasteiger partial charge in [-0.25, -0.2) is 0 Å². The molecule has 1 aliphatic carbocycles. The van der Waals surface area contributed by atoms with Crippen LogP contribution < -0.4 is 5.32 Å². The highest BCUT2D eigenvalue weighted by atomic mass is 35.5. The van der Waals surface area contributed by atoms with Gasteiger partial charge in [0.05, 0.1) is 23.0 Å². The fourth-order valence-corrected chi connectivity index (χ4v) is 3.30. The molecule has 2 rings (SSSR count). The van der Waals surface area contributed by atoms with Crippen molar-refractivity contribution in [1.29, 1.82) is 0 Å². The maximum atomic E-state index is 6.37. The molecule has 1 N–H and O–H groups in total. The van der Waals surface area contributed by atoms with Crippen molar-refractivity contribution in [3.05, 3.63) is 16.9 Å². The van der Waals surface area contributed by atoms with Crippen molar-refractivity contribution in [3.63, 3.8) is 0 Å². The lowest BCUT2D eigenvalue weighted by molar-refractivity contribution is 0.342. The van der Waals surface area contributed by atoms with Gasteiger partial charge in [0.25, 0.3) is 0 Å². The van der Waals surface area contributed by atoms with Gasteiger partial charge in [-0.2, -0.15) is 5.10 Å². The summed E-state index contributed by atoms with van der Waals surface area (Å²) in [6, 6.07) is 0.713. The predicted octanol–water partition coefficient (Wildman–Crippen LogP) is 3.96. The molecule has 0 aliphatic heterocycles. The highest BCUT2D eigenvalue weighted by Gasteiger charge is 2.30. The Morgan fingerprint density at radius 2 is 2.11 bits per heavy atom. The fraction of sp³-hybridized carbons (Fsp3) is 0.786. The molecule has 1 aliphatic rings. The predicted molar refractivity (Wildman–Crippen MR) is 76.0 cm³/mol. The van der Waals surface area contributed by atoms with E-state index < -0.39 is 0 Å². The van der Waals surface area contributed by atoms with Gasteiger partial charge in [0.1, 0.15) is 0 Å². The summed E-state index contributed by atoms with van der Waals surface area (Å²) in [5.41, 5.74) is 1.18. The zero-order valence-electron chi connectivity index (χ0n) is 11.6. The minimum atomic E-state index is 0.356. The van der Waals surface area contributed by atoms with Gasteiger partial charge in [-0.3, -0.25) is 4.68 Å². The first-order valence-electron chi connectivity index (χ1n) is 7.11. The molecule has 0 aromatic carbocycles.